The first-order valence-corrected chi connectivity index (χ1v) is 8.07. The third kappa shape index (κ3) is 4.58. The van der Waals surface area contributed by atoms with Crippen LogP contribution < -0.4 is 9.46 Å². The zero-order chi connectivity index (χ0) is 16.9. The van der Waals surface area contributed by atoms with Gasteiger partial charge in [-0.05, 0) is 48.0 Å². The minimum Gasteiger partial charge on any atom is -0.497 e. The molecule has 2 aromatic rings. The van der Waals surface area contributed by atoms with Gasteiger partial charge in [0.15, 0.2) is 0 Å². The second kappa shape index (κ2) is 6.97. The first-order chi connectivity index (χ1) is 10.9. The molecule has 0 aromatic heterocycles. The van der Waals surface area contributed by atoms with Crippen molar-refractivity contribution in [2.45, 2.75) is 4.90 Å². The summed E-state index contributed by atoms with van der Waals surface area (Å²) >= 11 is 0. The summed E-state index contributed by atoms with van der Waals surface area (Å²) in [5.74, 6) is -0.483. The lowest BCUT2D eigenvalue weighted by molar-refractivity contribution is -0.131. The van der Waals surface area contributed by atoms with E-state index in [0.717, 1.165) is 6.08 Å². The topological polar surface area (TPSA) is 92.7 Å². The molecule has 0 amide bonds. The van der Waals surface area contributed by atoms with Crippen LogP contribution in [0.25, 0.3) is 6.08 Å². The zero-order valence-corrected chi connectivity index (χ0v) is 13.1. The number of carboxylic acid groups (broad SMARTS) is 1. The normalized spacial score (nSPS) is 11.3. The lowest BCUT2D eigenvalue weighted by Crippen LogP contribution is -2.12. The molecule has 0 radical (unpaired) electrons. The average Bonchev–Trinajstić information content (AvgIpc) is 2.53. The molecule has 0 heterocycles. The molecular weight excluding hydrogens is 318 g/mol. The summed E-state index contributed by atoms with van der Waals surface area (Å²) in [5.41, 5.74) is 0.877. The summed E-state index contributed by atoms with van der Waals surface area (Å²) in [4.78, 5) is 10.6. The van der Waals surface area contributed by atoms with Crippen molar-refractivity contribution in [1.82, 2.24) is 0 Å². The fourth-order valence-electron chi connectivity index (χ4n) is 1.83. The molecule has 0 atom stereocenters. The van der Waals surface area contributed by atoms with Crippen LogP contribution in [-0.2, 0) is 14.8 Å². The van der Waals surface area contributed by atoms with E-state index < -0.39 is 16.0 Å². The maximum absolute atomic E-state index is 12.4. The van der Waals surface area contributed by atoms with Gasteiger partial charge in [-0.1, -0.05) is 12.1 Å². The largest absolute Gasteiger partial charge is 0.497 e. The van der Waals surface area contributed by atoms with Crippen LogP contribution >= 0.6 is 0 Å². The van der Waals surface area contributed by atoms with E-state index in [-0.39, 0.29) is 4.90 Å². The van der Waals surface area contributed by atoms with E-state index in [4.69, 9.17) is 9.84 Å². The fourth-order valence-corrected chi connectivity index (χ4v) is 2.94. The molecule has 0 aliphatic heterocycles. The molecule has 2 N–H and O–H groups in total. The summed E-state index contributed by atoms with van der Waals surface area (Å²) in [6, 6.07) is 12.5. The van der Waals surface area contributed by atoms with Gasteiger partial charge >= 0.3 is 5.97 Å². The van der Waals surface area contributed by atoms with Crippen molar-refractivity contribution in [2.75, 3.05) is 11.8 Å². The highest BCUT2D eigenvalue weighted by molar-refractivity contribution is 7.92. The Morgan fingerprint density at radius 3 is 2.48 bits per heavy atom. The number of hydrogen-bond donors (Lipinski definition) is 2. The van der Waals surface area contributed by atoms with E-state index in [1.54, 1.807) is 36.4 Å². The Bertz CT molecular complexity index is 826. The molecule has 23 heavy (non-hydrogen) atoms. The molecule has 6 nitrogen and oxygen atoms in total. The number of benzene rings is 2. The maximum Gasteiger partial charge on any atom is 0.328 e. The lowest BCUT2D eigenvalue weighted by atomic mass is 10.2. The number of hydrogen-bond acceptors (Lipinski definition) is 4. The molecule has 0 fully saturated rings. The average molecular weight is 333 g/mol. The minimum atomic E-state index is -3.77. The maximum atomic E-state index is 12.4. The number of aliphatic carboxylic acids is 1. The van der Waals surface area contributed by atoms with Gasteiger partial charge < -0.3 is 9.84 Å². The summed E-state index contributed by atoms with van der Waals surface area (Å²) in [6.07, 6.45) is 2.28. The zero-order valence-electron chi connectivity index (χ0n) is 12.3. The summed E-state index contributed by atoms with van der Waals surface area (Å²) in [5, 5.41) is 8.61. The Hall–Kier alpha value is -2.80. The van der Waals surface area contributed by atoms with Crippen molar-refractivity contribution in [2.24, 2.45) is 0 Å². The summed E-state index contributed by atoms with van der Waals surface area (Å²) in [6.45, 7) is 0. The van der Waals surface area contributed by atoms with Crippen molar-refractivity contribution in [1.29, 1.82) is 0 Å². The SMILES string of the molecule is COc1ccc(NS(=O)(=O)c2cccc(/C=C/C(=O)O)c2)cc1. The second-order valence-electron chi connectivity index (χ2n) is 4.58. The predicted octanol–water partition coefficient (Wildman–Crippen LogP) is 2.59. The van der Waals surface area contributed by atoms with E-state index in [0.29, 0.717) is 17.0 Å². The van der Waals surface area contributed by atoms with E-state index in [9.17, 15) is 13.2 Å². The highest BCUT2D eigenvalue weighted by atomic mass is 32.2. The molecule has 7 heteroatoms. The van der Waals surface area contributed by atoms with Gasteiger partial charge in [0.25, 0.3) is 10.0 Å². The molecule has 120 valence electrons. The van der Waals surface area contributed by atoms with E-state index in [1.165, 1.54) is 25.3 Å². The monoisotopic (exact) mass is 333 g/mol. The fraction of sp³-hybridized carbons (Fsp3) is 0.0625. The number of ether oxygens (including phenoxy) is 1. The molecular formula is C16H15NO5S. The molecule has 0 saturated heterocycles. The minimum absolute atomic E-state index is 0.0425. The Morgan fingerprint density at radius 2 is 1.87 bits per heavy atom. The molecule has 0 unspecified atom stereocenters. The number of carboxylic acids is 1. The number of anilines is 1. The van der Waals surface area contributed by atoms with Crippen molar-refractivity contribution in [3.05, 3.63) is 60.2 Å². The Morgan fingerprint density at radius 1 is 1.17 bits per heavy atom. The quantitative estimate of drug-likeness (QED) is 0.793. The standard InChI is InChI=1S/C16H15NO5S/c1-22-14-8-6-13(7-9-14)17-23(20,21)15-4-2-3-12(11-15)5-10-16(18)19/h2-11,17H,1H3,(H,18,19)/b10-5+. The first kappa shape index (κ1) is 16.6. The van der Waals surface area contributed by atoms with Crippen LogP contribution in [0.2, 0.25) is 0 Å². The number of methoxy groups -OCH3 is 1. The van der Waals surface area contributed by atoms with Gasteiger partial charge in [-0.15, -0.1) is 0 Å². The highest BCUT2D eigenvalue weighted by Crippen LogP contribution is 2.20. The molecule has 0 aliphatic carbocycles. The molecule has 0 saturated carbocycles. The van der Waals surface area contributed by atoms with Crippen LogP contribution in [0.1, 0.15) is 5.56 Å². The summed E-state index contributed by atoms with van der Waals surface area (Å²) in [7, 11) is -2.24. The number of carbonyl (C=O) groups is 1. The van der Waals surface area contributed by atoms with E-state index in [1.807, 2.05) is 0 Å². The van der Waals surface area contributed by atoms with Crippen LogP contribution in [0.15, 0.2) is 59.5 Å². The van der Waals surface area contributed by atoms with Gasteiger partial charge in [0.2, 0.25) is 0 Å². The molecule has 0 bridgehead atoms. The number of sulfonamides is 1. The van der Waals surface area contributed by atoms with Crippen LogP contribution in [0.3, 0.4) is 0 Å². The van der Waals surface area contributed by atoms with Crippen LogP contribution in [0.5, 0.6) is 5.75 Å². The molecule has 0 spiro atoms. The van der Waals surface area contributed by atoms with Crippen LogP contribution in [0, 0.1) is 0 Å². The Kier molecular flexibility index (Phi) is 5.02. The van der Waals surface area contributed by atoms with Crippen molar-refractivity contribution in [3.63, 3.8) is 0 Å². The van der Waals surface area contributed by atoms with Gasteiger partial charge in [0, 0.05) is 11.8 Å². The highest BCUT2D eigenvalue weighted by Gasteiger charge is 2.14. The Balaban J connectivity index is 2.24. The van der Waals surface area contributed by atoms with Gasteiger partial charge in [-0.3, -0.25) is 4.72 Å². The van der Waals surface area contributed by atoms with Gasteiger partial charge in [0.1, 0.15) is 5.75 Å². The van der Waals surface area contributed by atoms with E-state index >= 15 is 0 Å². The van der Waals surface area contributed by atoms with Crippen molar-refractivity contribution >= 4 is 27.8 Å². The molecule has 2 rings (SSSR count). The first-order valence-electron chi connectivity index (χ1n) is 6.59. The van der Waals surface area contributed by atoms with Crippen molar-refractivity contribution < 1.29 is 23.1 Å². The third-order valence-corrected chi connectivity index (χ3v) is 4.31. The van der Waals surface area contributed by atoms with Gasteiger partial charge in [-0.2, -0.15) is 0 Å². The predicted molar refractivity (Wildman–Crippen MR) is 86.9 cm³/mol. The third-order valence-electron chi connectivity index (χ3n) is 2.93. The Labute approximate surface area is 134 Å². The number of rotatable bonds is 6. The second-order valence-corrected chi connectivity index (χ2v) is 6.26. The van der Waals surface area contributed by atoms with Gasteiger partial charge in [-0.25, -0.2) is 13.2 Å². The van der Waals surface area contributed by atoms with E-state index in [2.05, 4.69) is 4.72 Å². The van der Waals surface area contributed by atoms with Crippen LogP contribution in [-0.4, -0.2) is 26.6 Å². The molecule has 2 aromatic carbocycles. The lowest BCUT2D eigenvalue weighted by Gasteiger charge is -2.09. The van der Waals surface area contributed by atoms with Crippen LogP contribution in [0.4, 0.5) is 5.69 Å². The summed E-state index contributed by atoms with van der Waals surface area (Å²) < 4.78 is 32.2. The molecule has 0 aliphatic rings. The van der Waals surface area contributed by atoms with Crippen molar-refractivity contribution in [3.8, 4) is 5.75 Å². The number of nitrogens with one attached hydrogen (secondary N) is 1. The smallest absolute Gasteiger partial charge is 0.328 e. The van der Waals surface area contributed by atoms with Gasteiger partial charge in [0.05, 0.1) is 12.0 Å².